The highest BCUT2D eigenvalue weighted by Gasteiger charge is 2.52. The van der Waals surface area contributed by atoms with Gasteiger partial charge in [0.1, 0.15) is 30.2 Å². The first-order chi connectivity index (χ1) is 23.4. The van der Waals surface area contributed by atoms with Gasteiger partial charge >= 0.3 is 6.09 Å². The third kappa shape index (κ3) is 7.85. The number of halogens is 1. The molecule has 1 aromatic heterocycles. The van der Waals surface area contributed by atoms with Crippen LogP contribution in [0.5, 0.6) is 23.0 Å². The Morgan fingerprint density at radius 3 is 2.49 bits per heavy atom. The molecule has 260 valence electrons. The van der Waals surface area contributed by atoms with Gasteiger partial charge in [0.25, 0.3) is 0 Å². The van der Waals surface area contributed by atoms with Crippen molar-refractivity contribution in [3.05, 3.63) is 102 Å². The van der Waals surface area contributed by atoms with E-state index in [0.717, 1.165) is 5.56 Å². The molecule has 0 radical (unpaired) electrons. The number of amides is 1. The van der Waals surface area contributed by atoms with Crippen LogP contribution >= 0.6 is 0 Å². The van der Waals surface area contributed by atoms with Crippen molar-refractivity contribution < 1.29 is 45.7 Å². The number of rotatable bonds is 12. The summed E-state index contributed by atoms with van der Waals surface area (Å²) in [6.07, 6.45) is 1.63. The van der Waals surface area contributed by atoms with Crippen molar-refractivity contribution in [1.29, 1.82) is 0 Å². The first kappa shape index (κ1) is 34.3. The molecule has 0 spiro atoms. The summed E-state index contributed by atoms with van der Waals surface area (Å²) in [5.74, 6) is 1.31. The van der Waals surface area contributed by atoms with E-state index in [1.54, 1.807) is 44.2 Å². The number of ether oxygens (including phenoxy) is 5. The van der Waals surface area contributed by atoms with Gasteiger partial charge in [-0.1, -0.05) is 38.1 Å². The van der Waals surface area contributed by atoms with Gasteiger partial charge in [0, 0.05) is 25.2 Å². The Morgan fingerprint density at radius 2 is 1.78 bits per heavy atom. The molecular weight excluding hydrogens is 655 g/mol. The molecule has 0 bridgehead atoms. The molecular formula is C36H39FN2O9S. The zero-order valence-corrected chi connectivity index (χ0v) is 28.5. The Bertz CT molecular complexity index is 1860. The van der Waals surface area contributed by atoms with Crippen LogP contribution in [0, 0.1) is 11.7 Å². The fraction of sp³-hybridized carbons (Fsp3) is 0.361. The molecule has 0 N–H and O–H groups in total. The number of carbonyl (C=O) groups is 1. The molecule has 0 aliphatic carbocycles. The van der Waals surface area contributed by atoms with Crippen LogP contribution < -0.4 is 18.9 Å². The molecule has 0 saturated carbocycles. The van der Waals surface area contributed by atoms with Crippen LogP contribution in [0.15, 0.2) is 94.6 Å². The summed E-state index contributed by atoms with van der Waals surface area (Å²) >= 11 is 0. The molecule has 11 nitrogen and oxygen atoms in total. The highest BCUT2D eigenvalue weighted by molar-refractivity contribution is 7.89. The van der Waals surface area contributed by atoms with Crippen molar-refractivity contribution in [2.24, 2.45) is 5.92 Å². The lowest BCUT2D eigenvalue weighted by Crippen LogP contribution is -2.51. The van der Waals surface area contributed by atoms with E-state index in [1.807, 2.05) is 26.0 Å². The normalized spacial score (nSPS) is 18.3. The summed E-state index contributed by atoms with van der Waals surface area (Å²) in [5, 5.41) is 0. The quantitative estimate of drug-likeness (QED) is 0.161. The number of benzene rings is 3. The van der Waals surface area contributed by atoms with Crippen molar-refractivity contribution in [1.82, 2.24) is 9.21 Å². The van der Waals surface area contributed by atoms with E-state index in [1.165, 1.54) is 52.1 Å². The van der Waals surface area contributed by atoms with E-state index in [0.29, 0.717) is 29.2 Å². The molecule has 13 heteroatoms. The van der Waals surface area contributed by atoms with Crippen LogP contribution in [-0.2, 0) is 27.8 Å². The number of fused-ring (bicyclic) bond motifs is 1. The zero-order valence-electron chi connectivity index (χ0n) is 27.7. The van der Waals surface area contributed by atoms with Crippen molar-refractivity contribution in [2.75, 3.05) is 19.9 Å². The third-order valence-corrected chi connectivity index (χ3v) is 10.1. The average molecular weight is 695 g/mol. The molecule has 2 aliphatic heterocycles. The van der Waals surface area contributed by atoms with Crippen LogP contribution in [-0.4, -0.2) is 61.5 Å². The second kappa shape index (κ2) is 14.1. The van der Waals surface area contributed by atoms with Crippen LogP contribution in [0.2, 0.25) is 0 Å². The van der Waals surface area contributed by atoms with Gasteiger partial charge in [0.2, 0.25) is 16.8 Å². The predicted molar refractivity (Wildman–Crippen MR) is 176 cm³/mol. The molecule has 3 heterocycles. The largest absolute Gasteiger partial charge is 0.489 e. The smallest absolute Gasteiger partial charge is 0.417 e. The second-order valence-electron chi connectivity index (χ2n) is 12.9. The molecule has 2 aliphatic rings. The number of hydrogen-bond acceptors (Lipinski definition) is 9. The maximum atomic E-state index is 14.2. The molecule has 0 unspecified atom stereocenters. The number of carbonyl (C=O) groups excluding carboxylic acids is 1. The molecule has 1 amide bonds. The summed E-state index contributed by atoms with van der Waals surface area (Å²) < 4.78 is 77.3. The van der Waals surface area contributed by atoms with Gasteiger partial charge in [-0.05, 0) is 73.7 Å². The minimum Gasteiger partial charge on any atom is -0.489 e. The molecule has 3 aromatic carbocycles. The molecule has 1 saturated heterocycles. The Kier molecular flexibility index (Phi) is 9.87. The van der Waals surface area contributed by atoms with E-state index in [9.17, 15) is 17.6 Å². The van der Waals surface area contributed by atoms with Crippen molar-refractivity contribution in [2.45, 2.75) is 63.5 Å². The zero-order chi connectivity index (χ0) is 34.8. The van der Waals surface area contributed by atoms with Gasteiger partial charge in [-0.25, -0.2) is 17.6 Å². The number of hydrogen-bond donors (Lipinski definition) is 0. The van der Waals surface area contributed by atoms with Gasteiger partial charge in [-0.2, -0.15) is 4.31 Å². The first-order valence-corrected chi connectivity index (χ1v) is 17.4. The second-order valence-corrected chi connectivity index (χ2v) is 14.8. The Balaban J connectivity index is 1.27. The van der Waals surface area contributed by atoms with E-state index in [4.69, 9.17) is 28.1 Å². The average Bonchev–Trinajstić information content (AvgIpc) is 3.79. The van der Waals surface area contributed by atoms with Crippen LogP contribution in [0.4, 0.5) is 9.18 Å². The molecule has 2 atom stereocenters. The SMILES string of the molecule is CC(C)CN(C[C@H]1OC(C)(C)N(C(=O)Oc2ccoc2)[C@H]1Cc1ccc(OCc2cccc(F)c2)cc1)S(=O)(=O)c1ccc2c(c1)OCO2. The summed E-state index contributed by atoms with van der Waals surface area (Å²) in [4.78, 5) is 15.3. The fourth-order valence-electron chi connectivity index (χ4n) is 6.09. The van der Waals surface area contributed by atoms with Gasteiger partial charge in [0.05, 0.1) is 23.3 Å². The summed E-state index contributed by atoms with van der Waals surface area (Å²) in [6, 6.07) is 19.0. The van der Waals surface area contributed by atoms with Gasteiger partial charge < -0.3 is 28.1 Å². The van der Waals surface area contributed by atoms with Gasteiger partial charge in [-0.3, -0.25) is 4.90 Å². The number of furan rings is 1. The first-order valence-electron chi connectivity index (χ1n) is 16.0. The Hall–Kier alpha value is -4.59. The van der Waals surface area contributed by atoms with E-state index in [-0.39, 0.29) is 48.9 Å². The summed E-state index contributed by atoms with van der Waals surface area (Å²) in [7, 11) is -4.02. The van der Waals surface area contributed by atoms with Crippen molar-refractivity contribution in [3.63, 3.8) is 0 Å². The van der Waals surface area contributed by atoms with Crippen LogP contribution in [0.25, 0.3) is 0 Å². The van der Waals surface area contributed by atoms with Crippen molar-refractivity contribution >= 4 is 16.1 Å². The number of sulfonamides is 1. The summed E-state index contributed by atoms with van der Waals surface area (Å²) in [6.45, 7) is 7.76. The van der Waals surface area contributed by atoms with Crippen LogP contribution in [0.3, 0.4) is 0 Å². The third-order valence-electron chi connectivity index (χ3n) is 8.27. The molecule has 4 aromatic rings. The molecule has 49 heavy (non-hydrogen) atoms. The monoisotopic (exact) mass is 694 g/mol. The lowest BCUT2D eigenvalue weighted by atomic mass is 10.00. The topological polar surface area (TPSA) is 117 Å². The predicted octanol–water partition coefficient (Wildman–Crippen LogP) is 6.62. The van der Waals surface area contributed by atoms with Gasteiger partial charge in [-0.15, -0.1) is 0 Å². The lowest BCUT2D eigenvalue weighted by Gasteiger charge is -2.33. The Labute approximate surface area is 285 Å². The number of nitrogens with zero attached hydrogens (tertiary/aromatic N) is 2. The van der Waals surface area contributed by atoms with E-state index < -0.39 is 34.0 Å². The fourth-order valence-corrected chi connectivity index (χ4v) is 7.72. The highest BCUT2D eigenvalue weighted by Crippen LogP contribution is 2.38. The maximum Gasteiger partial charge on any atom is 0.417 e. The summed E-state index contributed by atoms with van der Waals surface area (Å²) in [5.41, 5.74) is 0.395. The Morgan fingerprint density at radius 1 is 1.00 bits per heavy atom. The minimum atomic E-state index is -4.02. The van der Waals surface area contributed by atoms with E-state index >= 15 is 0 Å². The maximum absolute atomic E-state index is 14.2. The molecule has 1 fully saturated rings. The minimum absolute atomic E-state index is 0.0151. The molecule has 6 rings (SSSR count). The van der Waals surface area contributed by atoms with Crippen molar-refractivity contribution in [3.8, 4) is 23.0 Å². The lowest BCUT2D eigenvalue weighted by molar-refractivity contribution is -0.0681. The van der Waals surface area contributed by atoms with Crippen LogP contribution in [0.1, 0.15) is 38.8 Å². The van der Waals surface area contributed by atoms with E-state index in [2.05, 4.69) is 0 Å². The van der Waals surface area contributed by atoms with Gasteiger partial charge in [0.15, 0.2) is 17.2 Å². The standard InChI is InChI=1S/C36H39FN2O9S/c1-24(2)19-38(49(41,42)30-12-13-32-33(18-30)46-23-45-32)20-34-31(39(36(3,4)48-34)35(40)47-29-14-15-43-22-29)17-25-8-10-28(11-9-25)44-21-26-6-5-7-27(37)16-26/h5-16,18,22,24,31,34H,17,19-21,23H2,1-4H3/t31-,34+/m0/s1. The highest BCUT2D eigenvalue weighted by atomic mass is 32.2.